The lowest BCUT2D eigenvalue weighted by Crippen LogP contribution is -2.17. The molecule has 0 saturated carbocycles. The summed E-state index contributed by atoms with van der Waals surface area (Å²) in [5, 5.41) is 0. The highest BCUT2D eigenvalue weighted by Crippen LogP contribution is 2.29. The Balaban J connectivity index is 1.86. The summed E-state index contributed by atoms with van der Waals surface area (Å²) >= 11 is 0. The Hall–Kier alpha value is -3.38. The number of para-hydroxylation sites is 2. The fraction of sp³-hybridized carbons (Fsp3) is 0.192. The maximum atomic E-state index is 13.9. The predicted molar refractivity (Wildman–Crippen MR) is 130 cm³/mol. The number of imidazole rings is 1. The molecule has 0 unspecified atom stereocenters. The number of benzene rings is 3. The second-order valence-corrected chi connectivity index (χ2v) is 9.51. The summed E-state index contributed by atoms with van der Waals surface area (Å²) in [6, 6.07) is 18.7. The van der Waals surface area contributed by atoms with Crippen molar-refractivity contribution in [1.29, 1.82) is 0 Å². The molecule has 0 saturated heterocycles. The Morgan fingerprint density at radius 3 is 2.25 bits per heavy atom. The first kappa shape index (κ1) is 21.8. The molecule has 4 aromatic rings. The van der Waals surface area contributed by atoms with E-state index in [0.29, 0.717) is 28.4 Å². The minimum atomic E-state index is -3.87. The van der Waals surface area contributed by atoms with Gasteiger partial charge in [0, 0.05) is 0 Å². The molecule has 0 bridgehead atoms. The van der Waals surface area contributed by atoms with Crippen LogP contribution >= 0.6 is 0 Å². The largest absolute Gasteiger partial charge is 0.494 e. The van der Waals surface area contributed by atoms with Gasteiger partial charge < -0.3 is 4.74 Å². The van der Waals surface area contributed by atoms with Crippen molar-refractivity contribution >= 4 is 33.2 Å². The molecule has 4 rings (SSSR count). The molecular formula is C26H26N2O3S. The number of hydrogen-bond donors (Lipinski definition) is 0. The van der Waals surface area contributed by atoms with Gasteiger partial charge in [0.2, 0.25) is 0 Å². The van der Waals surface area contributed by atoms with Gasteiger partial charge in [-0.15, -0.1) is 0 Å². The van der Waals surface area contributed by atoms with E-state index in [1.807, 2.05) is 88.4 Å². The molecule has 0 amide bonds. The minimum absolute atomic E-state index is 0.321. The van der Waals surface area contributed by atoms with Crippen LogP contribution < -0.4 is 4.74 Å². The Kier molecular flexibility index (Phi) is 5.89. The summed E-state index contributed by atoms with van der Waals surface area (Å²) < 4.78 is 34.6. The molecule has 0 aliphatic rings. The molecule has 3 aromatic carbocycles. The topological polar surface area (TPSA) is 61.2 Å². The molecule has 164 valence electrons. The van der Waals surface area contributed by atoms with E-state index in [2.05, 4.69) is 4.98 Å². The van der Waals surface area contributed by atoms with Gasteiger partial charge in [-0.25, -0.2) is 17.4 Å². The average molecular weight is 447 g/mol. The fourth-order valence-electron chi connectivity index (χ4n) is 4.06. The van der Waals surface area contributed by atoms with Crippen LogP contribution in [0.3, 0.4) is 0 Å². The first-order valence-electron chi connectivity index (χ1n) is 10.5. The third-order valence-electron chi connectivity index (χ3n) is 5.26. The summed E-state index contributed by atoms with van der Waals surface area (Å²) in [6.07, 6.45) is 3.60. The van der Waals surface area contributed by atoms with Gasteiger partial charge in [0.15, 0.2) is 0 Å². The van der Waals surface area contributed by atoms with Crippen LogP contribution in [0.1, 0.15) is 35.0 Å². The SMILES string of the molecule is CCOc1ccc(C=Cc2nc3ccccc3n2S(=O)(=O)c2c(C)cc(C)cc2C)cc1. The molecule has 0 atom stereocenters. The van der Waals surface area contributed by atoms with Crippen molar-refractivity contribution < 1.29 is 13.2 Å². The Labute approximate surface area is 189 Å². The van der Waals surface area contributed by atoms with E-state index in [1.54, 1.807) is 12.1 Å². The van der Waals surface area contributed by atoms with E-state index < -0.39 is 10.0 Å². The minimum Gasteiger partial charge on any atom is -0.494 e. The van der Waals surface area contributed by atoms with Crippen LogP contribution in [0.4, 0.5) is 0 Å². The molecule has 0 N–H and O–H groups in total. The van der Waals surface area contributed by atoms with E-state index >= 15 is 0 Å². The Morgan fingerprint density at radius 2 is 1.59 bits per heavy atom. The molecule has 0 spiro atoms. The third kappa shape index (κ3) is 4.06. The van der Waals surface area contributed by atoms with Gasteiger partial charge in [0.05, 0.1) is 22.5 Å². The van der Waals surface area contributed by atoms with Crippen LogP contribution in [0.2, 0.25) is 0 Å². The van der Waals surface area contributed by atoms with Crippen molar-refractivity contribution in [2.45, 2.75) is 32.6 Å². The molecule has 0 aliphatic heterocycles. The van der Waals surface area contributed by atoms with E-state index in [-0.39, 0.29) is 0 Å². The van der Waals surface area contributed by atoms with Gasteiger partial charge >= 0.3 is 0 Å². The zero-order valence-electron chi connectivity index (χ0n) is 18.7. The van der Waals surface area contributed by atoms with Crippen LogP contribution in [0.5, 0.6) is 5.75 Å². The summed E-state index contributed by atoms with van der Waals surface area (Å²) in [5.74, 6) is 1.16. The highest BCUT2D eigenvalue weighted by molar-refractivity contribution is 7.90. The molecule has 1 aromatic heterocycles. The average Bonchev–Trinajstić information content (AvgIpc) is 3.12. The van der Waals surface area contributed by atoms with E-state index in [4.69, 9.17) is 4.74 Å². The Bertz CT molecular complexity index is 1390. The molecule has 0 aliphatic carbocycles. The third-order valence-corrected chi connectivity index (χ3v) is 7.29. The molecule has 1 heterocycles. The normalized spacial score (nSPS) is 12.0. The van der Waals surface area contributed by atoms with E-state index in [0.717, 1.165) is 28.0 Å². The van der Waals surface area contributed by atoms with Crippen molar-refractivity contribution in [1.82, 2.24) is 8.96 Å². The summed E-state index contributed by atoms with van der Waals surface area (Å²) in [6.45, 7) is 8.18. The highest BCUT2D eigenvalue weighted by Gasteiger charge is 2.26. The van der Waals surface area contributed by atoms with E-state index in [9.17, 15) is 8.42 Å². The maximum Gasteiger partial charge on any atom is 0.270 e. The van der Waals surface area contributed by atoms with Crippen LogP contribution in [0.25, 0.3) is 23.2 Å². The lowest BCUT2D eigenvalue weighted by molar-refractivity contribution is 0.340. The second-order valence-electron chi connectivity index (χ2n) is 7.79. The molecule has 5 nitrogen and oxygen atoms in total. The van der Waals surface area contributed by atoms with Crippen molar-refractivity contribution in [2.75, 3.05) is 6.61 Å². The van der Waals surface area contributed by atoms with Gasteiger partial charge in [-0.3, -0.25) is 0 Å². The zero-order valence-corrected chi connectivity index (χ0v) is 19.5. The van der Waals surface area contributed by atoms with Gasteiger partial charge in [0.25, 0.3) is 10.0 Å². The number of ether oxygens (including phenoxy) is 1. The number of rotatable bonds is 6. The monoisotopic (exact) mass is 446 g/mol. The van der Waals surface area contributed by atoms with Gasteiger partial charge in [-0.05, 0) is 74.7 Å². The van der Waals surface area contributed by atoms with Crippen LogP contribution in [0.15, 0.2) is 65.6 Å². The van der Waals surface area contributed by atoms with Crippen LogP contribution in [-0.4, -0.2) is 24.0 Å². The molecule has 6 heteroatoms. The van der Waals surface area contributed by atoms with Crippen molar-refractivity contribution in [3.8, 4) is 5.75 Å². The zero-order chi connectivity index (χ0) is 22.9. The number of aromatic nitrogens is 2. The molecule has 32 heavy (non-hydrogen) atoms. The number of fused-ring (bicyclic) bond motifs is 1. The van der Waals surface area contributed by atoms with Gasteiger partial charge in [-0.2, -0.15) is 0 Å². The number of hydrogen-bond acceptors (Lipinski definition) is 4. The number of nitrogens with zero attached hydrogens (tertiary/aromatic N) is 2. The van der Waals surface area contributed by atoms with Crippen molar-refractivity contribution in [2.24, 2.45) is 0 Å². The fourth-order valence-corrected chi connectivity index (χ4v) is 5.93. The second kappa shape index (κ2) is 8.63. The molecular weight excluding hydrogens is 420 g/mol. The van der Waals surface area contributed by atoms with Gasteiger partial charge in [-0.1, -0.05) is 48.0 Å². The smallest absolute Gasteiger partial charge is 0.270 e. The summed E-state index contributed by atoms with van der Waals surface area (Å²) in [4.78, 5) is 4.94. The predicted octanol–water partition coefficient (Wildman–Crippen LogP) is 5.77. The van der Waals surface area contributed by atoms with Crippen molar-refractivity contribution in [3.63, 3.8) is 0 Å². The van der Waals surface area contributed by atoms with Crippen molar-refractivity contribution in [3.05, 3.63) is 88.7 Å². The molecule has 0 fully saturated rings. The van der Waals surface area contributed by atoms with E-state index in [1.165, 1.54) is 3.97 Å². The first-order chi connectivity index (χ1) is 15.3. The first-order valence-corrected chi connectivity index (χ1v) is 12.0. The highest BCUT2D eigenvalue weighted by atomic mass is 32.2. The molecule has 0 radical (unpaired) electrons. The lowest BCUT2D eigenvalue weighted by atomic mass is 10.1. The van der Waals surface area contributed by atoms with Crippen LogP contribution in [0, 0.1) is 20.8 Å². The lowest BCUT2D eigenvalue weighted by Gasteiger charge is -2.14. The maximum absolute atomic E-state index is 13.9. The summed E-state index contributed by atoms with van der Waals surface area (Å²) in [5.41, 5.74) is 4.59. The summed E-state index contributed by atoms with van der Waals surface area (Å²) in [7, 11) is -3.87. The van der Waals surface area contributed by atoms with Gasteiger partial charge in [0.1, 0.15) is 11.6 Å². The Morgan fingerprint density at radius 1 is 0.938 bits per heavy atom. The quantitative estimate of drug-likeness (QED) is 0.377. The standard InChI is InChI=1S/C26H26N2O3S/c1-5-31-22-13-10-21(11-14-22)12-15-25-27-23-8-6-7-9-24(23)28(25)32(29,30)26-19(3)16-18(2)17-20(26)4/h6-17H,5H2,1-4H3. The number of aryl methyl sites for hydroxylation is 3. The van der Waals surface area contributed by atoms with Crippen LogP contribution in [-0.2, 0) is 10.0 Å².